The van der Waals surface area contributed by atoms with Crippen molar-refractivity contribution in [1.29, 1.82) is 0 Å². The number of nitrogens with one attached hydrogen (secondary N) is 1. The predicted octanol–water partition coefficient (Wildman–Crippen LogP) is 2.72. The molecule has 0 aromatic heterocycles. The summed E-state index contributed by atoms with van der Waals surface area (Å²) >= 11 is 5.79. The minimum Gasteiger partial charge on any atom is -0.383 e. The minimum atomic E-state index is -0.0559. The molecule has 1 atom stereocenters. The number of carbonyl (C=O) groups is 1. The summed E-state index contributed by atoms with van der Waals surface area (Å²) < 4.78 is 5.03. The molecule has 0 aromatic rings. The molecule has 1 fully saturated rings. The molecule has 100 valence electrons. The monoisotopic (exact) mass is 261 g/mol. The molecule has 1 N–H and O–H groups in total. The summed E-state index contributed by atoms with van der Waals surface area (Å²) in [4.78, 5) is 12.1. The first-order valence-electron chi connectivity index (χ1n) is 6.63. The molecule has 1 saturated carbocycles. The summed E-state index contributed by atoms with van der Waals surface area (Å²) in [6.07, 6.45) is 8.24. The smallest absolute Gasteiger partial charge is 0.223 e. The zero-order valence-electron chi connectivity index (χ0n) is 10.7. The fraction of sp³-hybridized carbons (Fsp3) is 0.923. The average Bonchev–Trinajstić information content (AvgIpc) is 2.27. The van der Waals surface area contributed by atoms with Crippen LogP contribution in [0.3, 0.4) is 0 Å². The van der Waals surface area contributed by atoms with Crippen molar-refractivity contribution in [2.24, 2.45) is 5.92 Å². The SMILES string of the molecule is COCC(CCl)NC(=O)C1CCCCCCC1. The maximum atomic E-state index is 12.1. The molecule has 1 aliphatic rings. The van der Waals surface area contributed by atoms with E-state index >= 15 is 0 Å². The second-order valence-corrected chi connectivity index (χ2v) is 5.17. The first kappa shape index (κ1) is 14.8. The first-order chi connectivity index (χ1) is 8.27. The largest absolute Gasteiger partial charge is 0.383 e. The number of hydrogen-bond donors (Lipinski definition) is 1. The second kappa shape index (κ2) is 8.76. The second-order valence-electron chi connectivity index (χ2n) is 4.86. The van der Waals surface area contributed by atoms with Crippen LogP contribution in [0.2, 0.25) is 0 Å². The third-order valence-electron chi connectivity index (χ3n) is 3.38. The summed E-state index contributed by atoms with van der Waals surface area (Å²) in [6.45, 7) is 0.488. The number of amides is 1. The quantitative estimate of drug-likeness (QED) is 0.773. The zero-order chi connectivity index (χ0) is 12.5. The van der Waals surface area contributed by atoms with E-state index in [9.17, 15) is 4.79 Å². The molecule has 1 amide bonds. The van der Waals surface area contributed by atoms with Crippen LogP contribution in [0, 0.1) is 5.92 Å². The van der Waals surface area contributed by atoms with Crippen LogP contribution in [-0.4, -0.2) is 31.5 Å². The lowest BCUT2D eigenvalue weighted by atomic mass is 9.90. The molecule has 4 heteroatoms. The van der Waals surface area contributed by atoms with E-state index < -0.39 is 0 Å². The summed E-state index contributed by atoms with van der Waals surface area (Å²) in [5.41, 5.74) is 0. The summed E-state index contributed by atoms with van der Waals surface area (Å²) in [7, 11) is 1.63. The lowest BCUT2D eigenvalue weighted by Gasteiger charge is -2.22. The molecule has 1 aliphatic carbocycles. The van der Waals surface area contributed by atoms with Crippen LogP contribution < -0.4 is 5.32 Å². The van der Waals surface area contributed by atoms with E-state index in [-0.39, 0.29) is 17.9 Å². The van der Waals surface area contributed by atoms with Crippen molar-refractivity contribution in [1.82, 2.24) is 5.32 Å². The van der Waals surface area contributed by atoms with Crippen molar-refractivity contribution >= 4 is 17.5 Å². The van der Waals surface area contributed by atoms with Gasteiger partial charge in [0.05, 0.1) is 12.6 Å². The Balaban J connectivity index is 2.37. The maximum absolute atomic E-state index is 12.1. The maximum Gasteiger partial charge on any atom is 0.223 e. The standard InChI is InChI=1S/C13H24ClNO2/c1-17-10-12(9-14)15-13(16)11-7-5-3-2-4-6-8-11/h11-12H,2-10H2,1H3,(H,15,16). The Bertz CT molecular complexity index is 215. The Kier molecular flexibility index (Phi) is 7.62. The van der Waals surface area contributed by atoms with Crippen LogP contribution in [0.4, 0.5) is 0 Å². The highest BCUT2D eigenvalue weighted by Gasteiger charge is 2.21. The molecule has 0 radical (unpaired) electrons. The van der Waals surface area contributed by atoms with E-state index in [2.05, 4.69) is 5.32 Å². The van der Waals surface area contributed by atoms with Crippen LogP contribution >= 0.6 is 11.6 Å². The van der Waals surface area contributed by atoms with E-state index in [0.717, 1.165) is 12.8 Å². The van der Waals surface area contributed by atoms with Crippen LogP contribution in [0.5, 0.6) is 0 Å². The summed E-state index contributed by atoms with van der Waals surface area (Å²) in [5, 5.41) is 2.99. The van der Waals surface area contributed by atoms with Crippen molar-refractivity contribution in [2.75, 3.05) is 19.6 Å². The Labute approximate surface area is 109 Å². The van der Waals surface area contributed by atoms with Crippen LogP contribution in [0.15, 0.2) is 0 Å². The Morgan fingerprint density at radius 1 is 1.29 bits per heavy atom. The number of alkyl halides is 1. The van der Waals surface area contributed by atoms with E-state index in [4.69, 9.17) is 16.3 Å². The highest BCUT2D eigenvalue weighted by Crippen LogP contribution is 2.22. The van der Waals surface area contributed by atoms with Gasteiger partial charge in [0.1, 0.15) is 0 Å². The van der Waals surface area contributed by atoms with Crippen LogP contribution in [0.25, 0.3) is 0 Å². The van der Waals surface area contributed by atoms with Gasteiger partial charge in [0.25, 0.3) is 0 Å². The van der Waals surface area contributed by atoms with Gasteiger partial charge in [-0.25, -0.2) is 0 Å². The van der Waals surface area contributed by atoms with Crippen molar-refractivity contribution < 1.29 is 9.53 Å². The van der Waals surface area contributed by atoms with E-state index in [0.29, 0.717) is 12.5 Å². The lowest BCUT2D eigenvalue weighted by molar-refractivity contribution is -0.126. The number of rotatable bonds is 5. The van der Waals surface area contributed by atoms with Gasteiger partial charge < -0.3 is 10.1 Å². The van der Waals surface area contributed by atoms with Crippen LogP contribution in [-0.2, 0) is 9.53 Å². The molecule has 1 rings (SSSR count). The van der Waals surface area contributed by atoms with Crippen molar-refractivity contribution in [3.05, 3.63) is 0 Å². The summed E-state index contributed by atoms with van der Waals surface area (Å²) in [6, 6.07) is -0.0559. The van der Waals surface area contributed by atoms with Gasteiger partial charge in [-0.15, -0.1) is 11.6 Å². The van der Waals surface area contributed by atoms with Crippen LogP contribution in [0.1, 0.15) is 44.9 Å². The number of methoxy groups -OCH3 is 1. The topological polar surface area (TPSA) is 38.3 Å². The van der Waals surface area contributed by atoms with Gasteiger partial charge in [-0.2, -0.15) is 0 Å². The fourth-order valence-electron chi connectivity index (χ4n) is 2.36. The van der Waals surface area contributed by atoms with Gasteiger partial charge in [0.2, 0.25) is 5.91 Å². The molecule has 17 heavy (non-hydrogen) atoms. The first-order valence-corrected chi connectivity index (χ1v) is 7.16. The van der Waals surface area contributed by atoms with Gasteiger partial charge in [0.15, 0.2) is 0 Å². The Morgan fingerprint density at radius 2 is 1.88 bits per heavy atom. The molecular formula is C13H24ClNO2. The van der Waals surface area contributed by atoms with Crippen molar-refractivity contribution in [3.63, 3.8) is 0 Å². The van der Waals surface area contributed by atoms with Gasteiger partial charge in [-0.05, 0) is 12.8 Å². The van der Waals surface area contributed by atoms with E-state index in [1.54, 1.807) is 7.11 Å². The molecule has 0 heterocycles. The molecule has 0 saturated heterocycles. The molecule has 0 bridgehead atoms. The number of hydrogen-bond acceptors (Lipinski definition) is 2. The van der Waals surface area contributed by atoms with Gasteiger partial charge in [0, 0.05) is 18.9 Å². The Hall–Kier alpha value is -0.280. The third-order valence-corrected chi connectivity index (χ3v) is 3.75. The molecular weight excluding hydrogens is 238 g/mol. The third kappa shape index (κ3) is 5.73. The number of ether oxygens (including phenoxy) is 1. The highest BCUT2D eigenvalue weighted by molar-refractivity contribution is 6.18. The van der Waals surface area contributed by atoms with Crippen molar-refractivity contribution in [2.45, 2.75) is 51.0 Å². The minimum absolute atomic E-state index is 0.0559. The highest BCUT2D eigenvalue weighted by atomic mass is 35.5. The molecule has 0 aromatic carbocycles. The van der Waals surface area contributed by atoms with E-state index in [1.165, 1.54) is 32.1 Å². The predicted molar refractivity (Wildman–Crippen MR) is 70.3 cm³/mol. The fourth-order valence-corrected chi connectivity index (χ4v) is 2.53. The van der Waals surface area contributed by atoms with Gasteiger partial charge >= 0.3 is 0 Å². The number of halogens is 1. The zero-order valence-corrected chi connectivity index (χ0v) is 11.5. The van der Waals surface area contributed by atoms with E-state index in [1.807, 2.05) is 0 Å². The molecule has 1 unspecified atom stereocenters. The molecule has 0 aliphatic heterocycles. The summed E-state index contributed by atoms with van der Waals surface area (Å²) in [5.74, 6) is 0.749. The van der Waals surface area contributed by atoms with Gasteiger partial charge in [-0.3, -0.25) is 4.79 Å². The average molecular weight is 262 g/mol. The van der Waals surface area contributed by atoms with Gasteiger partial charge in [-0.1, -0.05) is 32.1 Å². The molecule has 0 spiro atoms. The number of carbonyl (C=O) groups excluding carboxylic acids is 1. The lowest BCUT2D eigenvalue weighted by Crippen LogP contribution is -2.42. The Morgan fingerprint density at radius 3 is 2.41 bits per heavy atom. The van der Waals surface area contributed by atoms with Crippen molar-refractivity contribution in [3.8, 4) is 0 Å². The molecule has 3 nitrogen and oxygen atoms in total. The normalized spacial score (nSPS) is 20.4.